The first-order chi connectivity index (χ1) is 16.1. The third-order valence-corrected chi connectivity index (χ3v) is 7.38. The lowest BCUT2D eigenvalue weighted by atomic mass is 10.2. The zero-order valence-corrected chi connectivity index (χ0v) is 18.8. The van der Waals surface area contributed by atoms with Crippen molar-refractivity contribution in [2.45, 2.75) is 30.6 Å². The van der Waals surface area contributed by atoms with Gasteiger partial charge in [-0.2, -0.15) is 9.61 Å². The summed E-state index contributed by atoms with van der Waals surface area (Å²) < 4.78 is 7.21. The average molecular weight is 468 g/mol. The number of aromatic hydroxyl groups is 1. The fourth-order valence-electron chi connectivity index (χ4n) is 4.16. The van der Waals surface area contributed by atoms with E-state index in [1.54, 1.807) is 16.8 Å². The van der Waals surface area contributed by atoms with Gasteiger partial charge in [-0.15, -0.1) is 11.8 Å². The fourth-order valence-corrected chi connectivity index (χ4v) is 5.41. The summed E-state index contributed by atoms with van der Waals surface area (Å²) >= 11 is 1.87. The highest BCUT2D eigenvalue weighted by atomic mass is 32.2. The molecule has 1 saturated carbocycles. The largest absolute Gasteiger partial charge is 0.493 e. The summed E-state index contributed by atoms with van der Waals surface area (Å²) in [5.74, 6) is -0.207. The van der Waals surface area contributed by atoms with Crippen molar-refractivity contribution in [3.63, 3.8) is 0 Å². The summed E-state index contributed by atoms with van der Waals surface area (Å²) in [6.45, 7) is 4.50. The van der Waals surface area contributed by atoms with E-state index in [9.17, 15) is 9.90 Å². The minimum absolute atomic E-state index is 0.207. The Morgan fingerprint density at radius 1 is 1.30 bits per heavy atom. The first kappa shape index (κ1) is 20.7. The Hall–Kier alpha value is -2.89. The highest BCUT2D eigenvalue weighted by Gasteiger charge is 2.25. The number of hydrogen-bond acceptors (Lipinski definition) is 8. The zero-order chi connectivity index (χ0) is 22.4. The third-order valence-electron chi connectivity index (χ3n) is 6.06. The molecule has 1 unspecified atom stereocenters. The average Bonchev–Trinajstić information content (AvgIpc) is 3.19. The predicted octanol–water partition coefficient (Wildman–Crippen LogP) is 0.456. The quantitative estimate of drug-likeness (QED) is 0.498. The molecule has 0 amide bonds. The van der Waals surface area contributed by atoms with E-state index in [0.29, 0.717) is 22.6 Å². The van der Waals surface area contributed by atoms with Crippen molar-refractivity contribution < 1.29 is 9.84 Å². The first-order valence-corrected chi connectivity index (χ1v) is 12.1. The van der Waals surface area contributed by atoms with Crippen molar-refractivity contribution in [3.8, 4) is 5.88 Å². The van der Waals surface area contributed by atoms with Crippen LogP contribution in [-0.2, 0) is 4.74 Å². The van der Waals surface area contributed by atoms with Crippen LogP contribution in [0.5, 0.6) is 5.88 Å². The van der Waals surface area contributed by atoms with Crippen molar-refractivity contribution >= 4 is 23.5 Å². The molecule has 10 nitrogen and oxygen atoms in total. The molecule has 0 aromatic carbocycles. The summed E-state index contributed by atoms with van der Waals surface area (Å²) in [5.41, 5.74) is 2.27. The Bertz CT molecular complexity index is 1400. The molecule has 5 heterocycles. The highest BCUT2D eigenvalue weighted by Crippen LogP contribution is 2.43. The van der Waals surface area contributed by atoms with Gasteiger partial charge in [-0.3, -0.25) is 14.9 Å². The Morgan fingerprint density at radius 3 is 2.91 bits per heavy atom. The first-order valence-electron chi connectivity index (χ1n) is 11.2. The van der Waals surface area contributed by atoms with E-state index < -0.39 is 5.69 Å². The summed E-state index contributed by atoms with van der Waals surface area (Å²) in [7, 11) is 0. The van der Waals surface area contributed by atoms with Crippen LogP contribution < -0.4 is 16.4 Å². The number of fused-ring (bicyclic) bond motifs is 1. The van der Waals surface area contributed by atoms with Crippen LogP contribution in [0, 0.1) is 0 Å². The molecule has 3 aliphatic rings. The summed E-state index contributed by atoms with van der Waals surface area (Å²) in [4.78, 5) is 30.1. The van der Waals surface area contributed by atoms with Crippen LogP contribution in [0.4, 0.5) is 0 Å². The van der Waals surface area contributed by atoms with E-state index in [1.165, 1.54) is 4.91 Å². The van der Waals surface area contributed by atoms with Gasteiger partial charge in [0.05, 0.1) is 36.4 Å². The number of imidazole rings is 1. The van der Waals surface area contributed by atoms with Crippen LogP contribution in [0.25, 0.3) is 11.7 Å². The molecular formula is C22H25N7O3S. The Kier molecular flexibility index (Phi) is 5.31. The van der Waals surface area contributed by atoms with Gasteiger partial charge in [-0.25, -0.2) is 9.78 Å². The van der Waals surface area contributed by atoms with E-state index in [0.717, 1.165) is 63.3 Å². The number of aromatic amines is 2. The van der Waals surface area contributed by atoms with Crippen molar-refractivity contribution in [3.05, 3.63) is 55.8 Å². The van der Waals surface area contributed by atoms with E-state index in [-0.39, 0.29) is 11.1 Å². The van der Waals surface area contributed by atoms with E-state index >= 15 is 0 Å². The molecule has 0 bridgehead atoms. The molecule has 3 N–H and O–H groups in total. The lowest BCUT2D eigenvalue weighted by Crippen LogP contribution is -2.37. The number of thioether (sulfide) groups is 1. The Morgan fingerprint density at radius 2 is 2.15 bits per heavy atom. The molecule has 2 aliphatic heterocycles. The third kappa shape index (κ3) is 4.35. The fraction of sp³-hybridized carbons (Fsp3) is 0.455. The minimum Gasteiger partial charge on any atom is -0.493 e. The Labute approximate surface area is 193 Å². The molecule has 0 spiro atoms. The molecule has 6 rings (SSSR count). The molecule has 172 valence electrons. The standard InChI is InChI=1S/C22H25N7O3S/c30-21-17(26-22(31)27-21)9-13-11-23-29-19(24-14-1-2-14)10-16(25-20(13)29)18-4-3-15(33-18)12-28-5-7-32-8-6-28/h3,9-11,14,18,30H,1-2,4-8,12H2,(H2,26,27,31). The van der Waals surface area contributed by atoms with Gasteiger partial charge in [0.15, 0.2) is 11.1 Å². The number of aromatic nitrogens is 5. The molecule has 33 heavy (non-hydrogen) atoms. The van der Waals surface area contributed by atoms with Gasteiger partial charge in [0, 0.05) is 30.9 Å². The number of rotatable bonds is 5. The number of ether oxygens (including phenoxy) is 1. The number of allylic oxidation sites excluding steroid dienone is 1. The molecule has 2 fully saturated rings. The molecule has 1 aliphatic carbocycles. The lowest BCUT2D eigenvalue weighted by Gasteiger charge is -2.26. The van der Waals surface area contributed by atoms with Gasteiger partial charge in [0.2, 0.25) is 5.88 Å². The van der Waals surface area contributed by atoms with Crippen LogP contribution >= 0.6 is 11.8 Å². The topological polar surface area (TPSA) is 124 Å². The zero-order valence-electron chi connectivity index (χ0n) is 18.0. The number of nitrogens with zero attached hydrogens (tertiary/aromatic N) is 5. The van der Waals surface area contributed by atoms with Gasteiger partial charge in [0.1, 0.15) is 5.69 Å². The maximum atomic E-state index is 11.5. The second-order valence-corrected chi connectivity index (χ2v) is 9.95. The van der Waals surface area contributed by atoms with Crippen LogP contribution in [0.2, 0.25) is 0 Å². The molecule has 0 radical (unpaired) electrons. The second kappa shape index (κ2) is 8.47. The molecule has 1 saturated heterocycles. The van der Waals surface area contributed by atoms with E-state index in [1.807, 2.05) is 11.8 Å². The van der Waals surface area contributed by atoms with Gasteiger partial charge in [0.25, 0.3) is 0 Å². The normalized spacial score (nSPS) is 23.0. The minimum atomic E-state index is -0.463. The SMILES string of the molecule is O=c1[nH]c(O)c(C=c2cnn3c(=NC4CC4)cc(C4CC=C(CN5CCOCC5)S4)nc23)[nH]1. The van der Waals surface area contributed by atoms with Crippen LogP contribution in [0.3, 0.4) is 0 Å². The molecule has 1 atom stereocenters. The highest BCUT2D eigenvalue weighted by molar-refractivity contribution is 8.03. The van der Waals surface area contributed by atoms with Gasteiger partial charge >= 0.3 is 5.69 Å². The maximum Gasteiger partial charge on any atom is 0.326 e. The monoisotopic (exact) mass is 467 g/mol. The Balaban J connectivity index is 1.35. The van der Waals surface area contributed by atoms with E-state index in [4.69, 9.17) is 14.7 Å². The summed E-state index contributed by atoms with van der Waals surface area (Å²) in [6, 6.07) is 2.40. The molecular weight excluding hydrogens is 442 g/mol. The number of nitrogens with one attached hydrogen (secondary N) is 2. The lowest BCUT2D eigenvalue weighted by molar-refractivity contribution is 0.0431. The summed E-state index contributed by atoms with van der Waals surface area (Å²) in [6.07, 6.45) is 8.81. The number of morpholine rings is 1. The van der Waals surface area contributed by atoms with Gasteiger partial charge in [-0.1, -0.05) is 6.08 Å². The van der Waals surface area contributed by atoms with E-state index in [2.05, 4.69) is 32.1 Å². The van der Waals surface area contributed by atoms with Gasteiger partial charge < -0.3 is 14.8 Å². The predicted molar refractivity (Wildman–Crippen MR) is 124 cm³/mol. The second-order valence-electron chi connectivity index (χ2n) is 8.62. The van der Waals surface area contributed by atoms with Crippen LogP contribution in [0.1, 0.15) is 35.9 Å². The van der Waals surface area contributed by atoms with Crippen LogP contribution in [-0.4, -0.2) is 73.5 Å². The van der Waals surface area contributed by atoms with Crippen molar-refractivity contribution in [2.24, 2.45) is 4.99 Å². The van der Waals surface area contributed by atoms with Gasteiger partial charge in [-0.05, 0) is 30.2 Å². The van der Waals surface area contributed by atoms with Crippen molar-refractivity contribution in [1.29, 1.82) is 0 Å². The maximum absolute atomic E-state index is 11.5. The number of H-pyrrole nitrogens is 2. The molecule has 3 aromatic heterocycles. The molecule has 3 aromatic rings. The summed E-state index contributed by atoms with van der Waals surface area (Å²) in [5, 5.41) is 15.4. The van der Waals surface area contributed by atoms with Crippen molar-refractivity contribution in [2.75, 3.05) is 32.8 Å². The van der Waals surface area contributed by atoms with Crippen LogP contribution in [0.15, 0.2) is 33.0 Å². The molecule has 11 heteroatoms. The number of hydrogen-bond donors (Lipinski definition) is 3. The van der Waals surface area contributed by atoms with Crippen molar-refractivity contribution in [1.82, 2.24) is 29.5 Å². The smallest absolute Gasteiger partial charge is 0.326 e.